The average Bonchev–Trinajstić information content (AvgIpc) is 2.92. The number of rotatable bonds is 4. The smallest absolute Gasteiger partial charge is 0.342 e. The van der Waals surface area contributed by atoms with Crippen molar-refractivity contribution in [2.24, 2.45) is 0 Å². The van der Waals surface area contributed by atoms with Gasteiger partial charge in [0, 0.05) is 13.1 Å². The molecule has 1 fully saturated rings. The summed E-state index contributed by atoms with van der Waals surface area (Å²) in [6, 6.07) is 3.82. The van der Waals surface area contributed by atoms with Crippen LogP contribution in [0.15, 0.2) is 18.2 Å². The Kier molecular flexibility index (Phi) is 4.50. The minimum atomic E-state index is -1.15. The molecule has 8 nitrogen and oxygen atoms in total. The van der Waals surface area contributed by atoms with Crippen molar-refractivity contribution in [2.75, 3.05) is 20.2 Å². The Morgan fingerprint density at radius 3 is 2.73 bits per heavy atom. The largest absolute Gasteiger partial charge is 0.504 e. The number of aromatic hydroxyl groups is 1. The monoisotopic (exact) mass is 308 g/mol. The molecule has 1 aliphatic rings. The molecule has 118 valence electrons. The second-order valence-electron chi connectivity index (χ2n) is 4.63. The maximum Gasteiger partial charge on any atom is 0.342 e. The van der Waals surface area contributed by atoms with Crippen molar-refractivity contribution in [3.63, 3.8) is 0 Å². The van der Waals surface area contributed by atoms with Gasteiger partial charge in [-0.3, -0.25) is 9.69 Å². The number of nitrogens with one attached hydrogen (secondary N) is 1. The summed E-state index contributed by atoms with van der Waals surface area (Å²) in [6.07, 6.45) is -1.15. The van der Waals surface area contributed by atoms with Crippen LogP contribution in [-0.2, 0) is 9.53 Å². The van der Waals surface area contributed by atoms with Gasteiger partial charge in [0.15, 0.2) is 17.6 Å². The number of amides is 3. The summed E-state index contributed by atoms with van der Waals surface area (Å²) in [5, 5.41) is 12.4. The third-order valence-corrected chi connectivity index (χ3v) is 3.19. The zero-order valence-electron chi connectivity index (χ0n) is 12.2. The Hall–Kier alpha value is -2.77. The molecule has 2 N–H and O–H groups in total. The molecule has 0 aromatic heterocycles. The zero-order valence-corrected chi connectivity index (χ0v) is 12.2. The third-order valence-electron chi connectivity index (χ3n) is 3.19. The van der Waals surface area contributed by atoms with Gasteiger partial charge < -0.3 is 19.9 Å². The summed E-state index contributed by atoms with van der Waals surface area (Å²) < 4.78 is 9.91. The van der Waals surface area contributed by atoms with Gasteiger partial charge in [-0.2, -0.15) is 0 Å². The number of benzene rings is 1. The van der Waals surface area contributed by atoms with E-state index in [9.17, 15) is 19.5 Å². The van der Waals surface area contributed by atoms with Crippen molar-refractivity contribution >= 4 is 17.9 Å². The molecule has 0 spiro atoms. The van der Waals surface area contributed by atoms with Gasteiger partial charge in [0.05, 0.1) is 7.11 Å². The van der Waals surface area contributed by atoms with Gasteiger partial charge in [-0.05, 0) is 19.1 Å². The molecule has 1 unspecified atom stereocenters. The number of hydrogen-bond donors (Lipinski definition) is 2. The lowest BCUT2D eigenvalue weighted by molar-refractivity contribution is -0.136. The summed E-state index contributed by atoms with van der Waals surface area (Å²) >= 11 is 0. The number of hydrogen-bond acceptors (Lipinski definition) is 6. The Morgan fingerprint density at radius 1 is 1.41 bits per heavy atom. The van der Waals surface area contributed by atoms with E-state index in [0.29, 0.717) is 6.54 Å². The molecule has 3 amide bonds. The average molecular weight is 308 g/mol. The fourth-order valence-electron chi connectivity index (χ4n) is 2.03. The minimum Gasteiger partial charge on any atom is -0.504 e. The predicted molar refractivity (Wildman–Crippen MR) is 74.6 cm³/mol. The van der Waals surface area contributed by atoms with Gasteiger partial charge in [-0.1, -0.05) is 6.07 Å². The van der Waals surface area contributed by atoms with E-state index in [1.807, 2.05) is 0 Å². The van der Waals surface area contributed by atoms with E-state index in [-0.39, 0.29) is 23.6 Å². The standard InChI is InChI=1S/C14H16N2O6/c1-8(12(18)16-7-6-15-14(16)20)22-13(19)9-4-3-5-10(21-2)11(9)17/h3-5,8,17H,6-7H2,1-2H3,(H,15,20). The van der Waals surface area contributed by atoms with Crippen LogP contribution in [-0.4, -0.2) is 54.2 Å². The molecule has 8 heteroatoms. The molecule has 1 saturated heterocycles. The van der Waals surface area contributed by atoms with Gasteiger partial charge in [0.2, 0.25) is 0 Å². The highest BCUT2D eigenvalue weighted by molar-refractivity contribution is 6.00. The molecule has 2 rings (SSSR count). The quantitative estimate of drug-likeness (QED) is 0.785. The minimum absolute atomic E-state index is 0.118. The summed E-state index contributed by atoms with van der Waals surface area (Å²) in [6.45, 7) is 1.95. The van der Waals surface area contributed by atoms with Crippen LogP contribution in [0.3, 0.4) is 0 Å². The number of urea groups is 1. The first-order valence-corrected chi connectivity index (χ1v) is 6.62. The van der Waals surface area contributed by atoms with Gasteiger partial charge in [-0.15, -0.1) is 0 Å². The number of esters is 1. The number of carbonyl (C=O) groups excluding carboxylic acids is 3. The van der Waals surface area contributed by atoms with E-state index in [2.05, 4.69) is 5.32 Å². The fraction of sp³-hybridized carbons (Fsp3) is 0.357. The lowest BCUT2D eigenvalue weighted by Crippen LogP contribution is -2.41. The van der Waals surface area contributed by atoms with Crippen LogP contribution in [0.2, 0.25) is 0 Å². The van der Waals surface area contributed by atoms with Gasteiger partial charge >= 0.3 is 12.0 Å². The Bertz CT molecular complexity index is 615. The SMILES string of the molecule is COc1cccc(C(=O)OC(C)C(=O)N2CCNC2=O)c1O. The van der Waals surface area contributed by atoms with E-state index < -0.39 is 24.0 Å². The molecule has 1 aliphatic heterocycles. The van der Waals surface area contributed by atoms with Crippen LogP contribution in [0.1, 0.15) is 17.3 Å². The lowest BCUT2D eigenvalue weighted by Gasteiger charge is -2.18. The van der Waals surface area contributed by atoms with Crippen molar-refractivity contribution < 1.29 is 29.0 Å². The molecule has 0 saturated carbocycles. The van der Waals surface area contributed by atoms with E-state index in [1.54, 1.807) is 0 Å². The number of ether oxygens (including phenoxy) is 2. The Labute approximate surface area is 126 Å². The van der Waals surface area contributed by atoms with Crippen molar-refractivity contribution in [2.45, 2.75) is 13.0 Å². The van der Waals surface area contributed by atoms with E-state index >= 15 is 0 Å². The zero-order chi connectivity index (χ0) is 16.3. The van der Waals surface area contributed by atoms with Crippen LogP contribution >= 0.6 is 0 Å². The van der Waals surface area contributed by atoms with Crippen molar-refractivity contribution in [1.82, 2.24) is 10.2 Å². The first-order valence-electron chi connectivity index (χ1n) is 6.62. The van der Waals surface area contributed by atoms with Crippen LogP contribution in [0.5, 0.6) is 11.5 Å². The normalized spacial score (nSPS) is 15.2. The Morgan fingerprint density at radius 2 is 2.14 bits per heavy atom. The van der Waals surface area contributed by atoms with E-state index in [1.165, 1.54) is 32.2 Å². The highest BCUT2D eigenvalue weighted by Crippen LogP contribution is 2.30. The van der Waals surface area contributed by atoms with E-state index in [0.717, 1.165) is 4.90 Å². The summed E-state index contributed by atoms with van der Waals surface area (Å²) in [7, 11) is 1.35. The molecule has 1 aromatic carbocycles. The molecule has 1 atom stereocenters. The first kappa shape index (κ1) is 15.6. The van der Waals surface area contributed by atoms with Crippen LogP contribution < -0.4 is 10.1 Å². The number of carbonyl (C=O) groups is 3. The van der Waals surface area contributed by atoms with Crippen molar-refractivity contribution in [3.05, 3.63) is 23.8 Å². The third kappa shape index (κ3) is 2.95. The molecule has 0 bridgehead atoms. The van der Waals surface area contributed by atoms with Gasteiger partial charge in [0.25, 0.3) is 5.91 Å². The lowest BCUT2D eigenvalue weighted by atomic mass is 10.2. The number of nitrogens with zero attached hydrogens (tertiary/aromatic N) is 1. The number of phenolic OH excluding ortho intramolecular Hbond substituents is 1. The highest BCUT2D eigenvalue weighted by Gasteiger charge is 2.32. The second-order valence-corrected chi connectivity index (χ2v) is 4.63. The maximum atomic E-state index is 12.0. The van der Waals surface area contributed by atoms with Crippen molar-refractivity contribution in [1.29, 1.82) is 0 Å². The van der Waals surface area contributed by atoms with Crippen LogP contribution in [0, 0.1) is 0 Å². The first-order chi connectivity index (χ1) is 10.5. The number of para-hydroxylation sites is 1. The van der Waals surface area contributed by atoms with Crippen LogP contribution in [0.25, 0.3) is 0 Å². The number of imide groups is 1. The molecule has 22 heavy (non-hydrogen) atoms. The maximum absolute atomic E-state index is 12.0. The summed E-state index contributed by atoms with van der Waals surface area (Å²) in [4.78, 5) is 36.5. The molecular formula is C14H16N2O6. The second kappa shape index (κ2) is 6.33. The fourth-order valence-corrected chi connectivity index (χ4v) is 2.03. The number of methoxy groups -OCH3 is 1. The molecule has 1 aromatic rings. The van der Waals surface area contributed by atoms with Gasteiger partial charge in [-0.25, -0.2) is 9.59 Å². The molecular weight excluding hydrogens is 292 g/mol. The molecule has 1 heterocycles. The highest BCUT2D eigenvalue weighted by atomic mass is 16.5. The summed E-state index contributed by atoms with van der Waals surface area (Å²) in [5.74, 6) is -1.75. The number of phenols is 1. The summed E-state index contributed by atoms with van der Waals surface area (Å²) in [5.41, 5.74) is -0.120. The van der Waals surface area contributed by atoms with Gasteiger partial charge in [0.1, 0.15) is 5.56 Å². The topological polar surface area (TPSA) is 105 Å². The van der Waals surface area contributed by atoms with E-state index in [4.69, 9.17) is 9.47 Å². The van der Waals surface area contributed by atoms with Crippen LogP contribution in [0.4, 0.5) is 4.79 Å². The Balaban J connectivity index is 2.08. The molecule has 0 aliphatic carbocycles. The molecule has 0 radical (unpaired) electrons. The van der Waals surface area contributed by atoms with Crippen molar-refractivity contribution in [3.8, 4) is 11.5 Å². The predicted octanol–water partition coefficient (Wildman–Crippen LogP) is 0.498.